The molecule has 2 unspecified atom stereocenters. The van der Waals surface area contributed by atoms with Gasteiger partial charge in [0.1, 0.15) is 6.61 Å². The topological polar surface area (TPSA) is 61.8 Å². The van der Waals surface area contributed by atoms with Gasteiger partial charge < -0.3 is 14.0 Å². The van der Waals surface area contributed by atoms with Crippen LogP contribution in [0.25, 0.3) is 0 Å². The van der Waals surface area contributed by atoms with Gasteiger partial charge in [0.15, 0.2) is 5.60 Å². The molecule has 0 aromatic heterocycles. The van der Waals surface area contributed by atoms with Gasteiger partial charge in [-0.05, 0) is 0 Å². The SMILES string of the molecule is CC(=O)OCC1(COP)CCC(=O)O1. The Kier molecular flexibility index (Phi) is 3.84. The van der Waals surface area contributed by atoms with Crippen LogP contribution in [-0.4, -0.2) is 30.8 Å². The van der Waals surface area contributed by atoms with Crippen LogP contribution in [0.3, 0.4) is 0 Å². The lowest BCUT2D eigenvalue weighted by atomic mass is 10.0. The fourth-order valence-electron chi connectivity index (χ4n) is 1.30. The Hall–Kier alpha value is -0.670. The first-order chi connectivity index (χ1) is 6.58. The van der Waals surface area contributed by atoms with E-state index in [0.717, 1.165) is 0 Å². The van der Waals surface area contributed by atoms with Crippen molar-refractivity contribution in [3.63, 3.8) is 0 Å². The van der Waals surface area contributed by atoms with E-state index in [1.54, 1.807) is 0 Å². The van der Waals surface area contributed by atoms with Gasteiger partial charge >= 0.3 is 11.9 Å². The summed E-state index contributed by atoms with van der Waals surface area (Å²) in [5.74, 6) is -0.671. The minimum Gasteiger partial charge on any atom is -0.462 e. The van der Waals surface area contributed by atoms with E-state index in [2.05, 4.69) is 9.47 Å². The monoisotopic (exact) mass is 220 g/mol. The zero-order valence-corrected chi connectivity index (χ0v) is 9.10. The molecule has 0 N–H and O–H groups in total. The molecule has 1 heterocycles. The molecular formula is C8H13O5P. The van der Waals surface area contributed by atoms with Crippen LogP contribution in [0.1, 0.15) is 19.8 Å². The standard InChI is InChI=1S/C8H13O5P/c1-6(9)11-4-8(5-12-14)3-2-7(10)13-8/h2-5,14H2,1H3. The predicted molar refractivity (Wildman–Crippen MR) is 50.4 cm³/mol. The summed E-state index contributed by atoms with van der Waals surface area (Å²) in [5, 5.41) is 0. The van der Waals surface area contributed by atoms with Crippen LogP contribution >= 0.6 is 9.47 Å². The third-order valence-electron chi connectivity index (χ3n) is 2.00. The normalized spacial score (nSPS) is 26.0. The second-order valence-corrected chi connectivity index (χ2v) is 3.58. The summed E-state index contributed by atoms with van der Waals surface area (Å²) in [6, 6.07) is 0. The fourth-order valence-corrected chi connectivity index (χ4v) is 1.61. The molecule has 0 spiro atoms. The van der Waals surface area contributed by atoms with E-state index in [0.29, 0.717) is 12.8 Å². The molecule has 1 aliphatic heterocycles. The van der Waals surface area contributed by atoms with Gasteiger partial charge in [-0.1, -0.05) is 0 Å². The fraction of sp³-hybridized carbons (Fsp3) is 0.750. The number of hydrogen-bond donors (Lipinski definition) is 0. The molecular weight excluding hydrogens is 207 g/mol. The van der Waals surface area contributed by atoms with Crippen LogP contribution in [-0.2, 0) is 23.6 Å². The second-order valence-electron chi connectivity index (χ2n) is 3.25. The minimum atomic E-state index is -0.787. The molecule has 6 heteroatoms. The maximum Gasteiger partial charge on any atom is 0.306 e. The Labute approximate surface area is 84.4 Å². The van der Waals surface area contributed by atoms with Crippen molar-refractivity contribution in [3.05, 3.63) is 0 Å². The molecule has 1 saturated heterocycles. The highest BCUT2D eigenvalue weighted by atomic mass is 31.0. The van der Waals surface area contributed by atoms with Crippen molar-refractivity contribution in [2.24, 2.45) is 0 Å². The van der Waals surface area contributed by atoms with Crippen molar-refractivity contribution in [1.29, 1.82) is 0 Å². The summed E-state index contributed by atoms with van der Waals surface area (Å²) in [6.45, 7) is 1.59. The number of carbonyl (C=O) groups is 2. The van der Waals surface area contributed by atoms with Crippen molar-refractivity contribution in [1.82, 2.24) is 0 Å². The minimum absolute atomic E-state index is 0.0580. The first-order valence-corrected chi connectivity index (χ1v) is 4.72. The Morgan fingerprint density at radius 3 is 2.79 bits per heavy atom. The maximum absolute atomic E-state index is 11.0. The Balaban J connectivity index is 2.53. The van der Waals surface area contributed by atoms with Gasteiger partial charge in [-0.3, -0.25) is 9.59 Å². The predicted octanol–water partition coefficient (Wildman–Crippen LogP) is 0.432. The zero-order chi connectivity index (χ0) is 10.6. The van der Waals surface area contributed by atoms with E-state index in [1.165, 1.54) is 6.92 Å². The van der Waals surface area contributed by atoms with Crippen LogP contribution in [0.5, 0.6) is 0 Å². The summed E-state index contributed by atoms with van der Waals surface area (Å²) in [5.41, 5.74) is -0.787. The quantitative estimate of drug-likeness (QED) is 0.508. The van der Waals surface area contributed by atoms with Crippen LogP contribution in [0, 0.1) is 0 Å². The molecule has 14 heavy (non-hydrogen) atoms. The molecule has 0 bridgehead atoms. The van der Waals surface area contributed by atoms with Gasteiger partial charge in [-0.15, -0.1) is 0 Å². The van der Waals surface area contributed by atoms with Crippen LogP contribution in [0.2, 0.25) is 0 Å². The summed E-state index contributed by atoms with van der Waals surface area (Å²) in [4.78, 5) is 21.6. The molecule has 80 valence electrons. The van der Waals surface area contributed by atoms with E-state index in [-0.39, 0.29) is 19.2 Å². The molecule has 1 aliphatic rings. The molecule has 1 rings (SSSR count). The maximum atomic E-state index is 11.0. The summed E-state index contributed by atoms with van der Waals surface area (Å²) < 4.78 is 14.8. The van der Waals surface area contributed by atoms with E-state index in [1.807, 2.05) is 0 Å². The largest absolute Gasteiger partial charge is 0.462 e. The van der Waals surface area contributed by atoms with Crippen molar-refractivity contribution in [3.8, 4) is 0 Å². The molecule has 0 radical (unpaired) electrons. The van der Waals surface area contributed by atoms with Gasteiger partial charge in [0.2, 0.25) is 0 Å². The number of carbonyl (C=O) groups excluding carboxylic acids is 2. The smallest absolute Gasteiger partial charge is 0.306 e. The van der Waals surface area contributed by atoms with Crippen molar-refractivity contribution < 1.29 is 23.6 Å². The first-order valence-electron chi connectivity index (χ1n) is 4.25. The number of esters is 2. The second kappa shape index (κ2) is 4.71. The molecule has 2 atom stereocenters. The highest BCUT2D eigenvalue weighted by Gasteiger charge is 2.41. The van der Waals surface area contributed by atoms with Crippen molar-refractivity contribution in [2.45, 2.75) is 25.4 Å². The lowest BCUT2D eigenvalue weighted by Gasteiger charge is -2.25. The van der Waals surface area contributed by atoms with Gasteiger partial charge in [0.05, 0.1) is 6.61 Å². The highest BCUT2D eigenvalue weighted by Crippen LogP contribution is 2.28. The molecule has 0 saturated carbocycles. The average Bonchev–Trinajstić information content (AvgIpc) is 2.46. The third-order valence-corrected chi connectivity index (χ3v) is 2.17. The van der Waals surface area contributed by atoms with Gasteiger partial charge in [0, 0.05) is 29.2 Å². The number of hydrogen-bond acceptors (Lipinski definition) is 5. The van der Waals surface area contributed by atoms with E-state index < -0.39 is 11.6 Å². The van der Waals surface area contributed by atoms with Crippen LogP contribution in [0.4, 0.5) is 0 Å². The van der Waals surface area contributed by atoms with Crippen LogP contribution in [0.15, 0.2) is 0 Å². The Morgan fingerprint density at radius 1 is 1.64 bits per heavy atom. The van der Waals surface area contributed by atoms with Crippen molar-refractivity contribution >= 4 is 21.4 Å². The molecule has 5 nitrogen and oxygen atoms in total. The average molecular weight is 220 g/mol. The van der Waals surface area contributed by atoms with E-state index >= 15 is 0 Å². The number of rotatable bonds is 4. The van der Waals surface area contributed by atoms with Crippen molar-refractivity contribution in [2.75, 3.05) is 13.2 Å². The van der Waals surface area contributed by atoms with E-state index in [4.69, 9.17) is 14.0 Å². The summed E-state index contributed by atoms with van der Waals surface area (Å²) in [6.07, 6.45) is 0.864. The number of cyclic esters (lactones) is 1. The zero-order valence-electron chi connectivity index (χ0n) is 7.95. The molecule has 0 aliphatic carbocycles. The third kappa shape index (κ3) is 2.93. The Morgan fingerprint density at radius 2 is 2.36 bits per heavy atom. The summed E-state index contributed by atoms with van der Waals surface area (Å²) >= 11 is 0. The van der Waals surface area contributed by atoms with Crippen LogP contribution < -0.4 is 0 Å². The molecule has 0 aromatic carbocycles. The summed E-state index contributed by atoms with van der Waals surface area (Å²) in [7, 11) is 2.08. The van der Waals surface area contributed by atoms with E-state index in [9.17, 15) is 9.59 Å². The molecule has 0 amide bonds. The number of ether oxygens (including phenoxy) is 2. The molecule has 0 aromatic rings. The Bertz CT molecular complexity index is 242. The van der Waals surface area contributed by atoms with Gasteiger partial charge in [-0.25, -0.2) is 0 Å². The van der Waals surface area contributed by atoms with Gasteiger partial charge in [-0.2, -0.15) is 0 Å². The van der Waals surface area contributed by atoms with Gasteiger partial charge in [0.25, 0.3) is 0 Å². The first kappa shape index (κ1) is 11.4. The molecule has 1 fully saturated rings. The lowest BCUT2D eigenvalue weighted by molar-refractivity contribution is -0.164. The highest BCUT2D eigenvalue weighted by molar-refractivity contribution is 7.09. The lowest BCUT2D eigenvalue weighted by Crippen LogP contribution is -2.39.